The van der Waals surface area contributed by atoms with Crippen molar-refractivity contribution in [2.24, 2.45) is 5.92 Å². The quantitative estimate of drug-likeness (QED) is 0.877. The molecule has 2 aromatic rings. The topological polar surface area (TPSA) is 29.9 Å². The van der Waals surface area contributed by atoms with Crippen molar-refractivity contribution in [3.8, 4) is 0 Å². The van der Waals surface area contributed by atoms with E-state index >= 15 is 0 Å². The normalized spacial score (nSPS) is 12.7. The molecule has 1 unspecified atom stereocenters. The van der Waals surface area contributed by atoms with Crippen molar-refractivity contribution >= 4 is 17.5 Å². The summed E-state index contributed by atoms with van der Waals surface area (Å²) in [5, 5.41) is 4.18. The van der Waals surface area contributed by atoms with Crippen molar-refractivity contribution in [2.45, 2.75) is 33.7 Å². The fraction of sp³-hybridized carbons (Fsp3) is 0.438. The lowest BCUT2D eigenvalue weighted by molar-refractivity contribution is 0.628. The highest BCUT2D eigenvalue weighted by Gasteiger charge is 2.14. The van der Waals surface area contributed by atoms with Crippen LogP contribution in [0, 0.1) is 12.8 Å². The molecule has 0 saturated carbocycles. The van der Waals surface area contributed by atoms with Crippen molar-refractivity contribution < 1.29 is 0 Å². The summed E-state index contributed by atoms with van der Waals surface area (Å²) in [5.74, 6) is 1.51. The SMILES string of the molecule is Cc1cn(C(C)c2cccc(Cl)c2)c(NCC(C)C)n1. The molecule has 0 bridgehead atoms. The Morgan fingerprint density at radius 1 is 1.30 bits per heavy atom. The largest absolute Gasteiger partial charge is 0.355 e. The van der Waals surface area contributed by atoms with Crippen LogP contribution in [0.25, 0.3) is 0 Å². The maximum Gasteiger partial charge on any atom is 0.203 e. The summed E-state index contributed by atoms with van der Waals surface area (Å²) < 4.78 is 2.17. The molecule has 20 heavy (non-hydrogen) atoms. The maximum atomic E-state index is 6.08. The van der Waals surface area contributed by atoms with Gasteiger partial charge in [-0.05, 0) is 37.5 Å². The molecule has 108 valence electrons. The monoisotopic (exact) mass is 291 g/mol. The molecule has 1 aromatic carbocycles. The van der Waals surface area contributed by atoms with Gasteiger partial charge < -0.3 is 9.88 Å². The number of halogens is 1. The highest BCUT2D eigenvalue weighted by atomic mass is 35.5. The second kappa shape index (κ2) is 6.31. The minimum absolute atomic E-state index is 0.199. The smallest absolute Gasteiger partial charge is 0.203 e. The zero-order valence-electron chi connectivity index (χ0n) is 12.5. The predicted molar refractivity (Wildman–Crippen MR) is 85.6 cm³/mol. The summed E-state index contributed by atoms with van der Waals surface area (Å²) in [7, 11) is 0. The lowest BCUT2D eigenvalue weighted by Crippen LogP contribution is -2.15. The van der Waals surface area contributed by atoms with E-state index in [4.69, 9.17) is 11.6 Å². The molecule has 1 aromatic heterocycles. The number of anilines is 1. The van der Waals surface area contributed by atoms with E-state index in [0.717, 1.165) is 23.2 Å². The minimum atomic E-state index is 0.199. The summed E-state index contributed by atoms with van der Waals surface area (Å²) in [4.78, 5) is 4.57. The first-order chi connectivity index (χ1) is 9.47. The number of nitrogens with zero attached hydrogens (tertiary/aromatic N) is 2. The van der Waals surface area contributed by atoms with Gasteiger partial charge in [0.25, 0.3) is 0 Å². The summed E-state index contributed by atoms with van der Waals surface area (Å²) in [5.41, 5.74) is 2.20. The zero-order valence-corrected chi connectivity index (χ0v) is 13.3. The minimum Gasteiger partial charge on any atom is -0.355 e. The second-order valence-electron chi connectivity index (χ2n) is 5.62. The number of nitrogens with one attached hydrogen (secondary N) is 1. The van der Waals surface area contributed by atoms with Crippen LogP contribution in [0.1, 0.15) is 38.1 Å². The van der Waals surface area contributed by atoms with Crippen LogP contribution in [0.3, 0.4) is 0 Å². The highest BCUT2D eigenvalue weighted by molar-refractivity contribution is 6.30. The van der Waals surface area contributed by atoms with Crippen LogP contribution < -0.4 is 5.32 Å². The van der Waals surface area contributed by atoms with Gasteiger partial charge in [0.1, 0.15) is 0 Å². The van der Waals surface area contributed by atoms with E-state index in [0.29, 0.717) is 5.92 Å². The number of hydrogen-bond donors (Lipinski definition) is 1. The van der Waals surface area contributed by atoms with E-state index in [2.05, 4.69) is 47.9 Å². The van der Waals surface area contributed by atoms with E-state index < -0.39 is 0 Å². The van der Waals surface area contributed by atoms with Gasteiger partial charge in [0, 0.05) is 17.8 Å². The molecule has 1 atom stereocenters. The molecular formula is C16H22ClN3. The number of imidazole rings is 1. The fourth-order valence-corrected chi connectivity index (χ4v) is 2.36. The van der Waals surface area contributed by atoms with Crippen LogP contribution in [0.5, 0.6) is 0 Å². The Balaban J connectivity index is 2.27. The Morgan fingerprint density at radius 2 is 2.05 bits per heavy atom. The number of aryl methyl sites for hydroxylation is 1. The molecular weight excluding hydrogens is 270 g/mol. The van der Waals surface area contributed by atoms with Gasteiger partial charge in [-0.15, -0.1) is 0 Å². The van der Waals surface area contributed by atoms with Gasteiger partial charge >= 0.3 is 0 Å². The predicted octanol–water partition coefficient (Wildman–Crippen LogP) is 4.52. The fourth-order valence-electron chi connectivity index (χ4n) is 2.16. The van der Waals surface area contributed by atoms with E-state index in [1.807, 2.05) is 25.1 Å². The lowest BCUT2D eigenvalue weighted by atomic mass is 10.1. The van der Waals surface area contributed by atoms with Gasteiger partial charge in [0.05, 0.1) is 11.7 Å². The second-order valence-corrected chi connectivity index (χ2v) is 6.06. The molecule has 0 saturated heterocycles. The van der Waals surface area contributed by atoms with Crippen LogP contribution in [0.2, 0.25) is 5.02 Å². The lowest BCUT2D eigenvalue weighted by Gasteiger charge is -2.18. The van der Waals surface area contributed by atoms with Crippen LogP contribution in [-0.2, 0) is 0 Å². The van der Waals surface area contributed by atoms with Crippen molar-refractivity contribution in [1.82, 2.24) is 9.55 Å². The highest BCUT2D eigenvalue weighted by Crippen LogP contribution is 2.25. The van der Waals surface area contributed by atoms with Crippen molar-refractivity contribution in [3.63, 3.8) is 0 Å². The molecule has 0 fully saturated rings. The molecule has 0 aliphatic heterocycles. The summed E-state index contributed by atoms with van der Waals surface area (Å²) >= 11 is 6.08. The van der Waals surface area contributed by atoms with Crippen molar-refractivity contribution in [1.29, 1.82) is 0 Å². The Labute approximate surface area is 126 Å². The van der Waals surface area contributed by atoms with E-state index in [9.17, 15) is 0 Å². The van der Waals surface area contributed by atoms with Crippen molar-refractivity contribution in [2.75, 3.05) is 11.9 Å². The number of benzene rings is 1. The zero-order chi connectivity index (χ0) is 14.7. The molecule has 1 heterocycles. The summed E-state index contributed by atoms with van der Waals surface area (Å²) in [6.07, 6.45) is 2.08. The summed E-state index contributed by atoms with van der Waals surface area (Å²) in [6, 6.07) is 8.18. The first-order valence-electron chi connectivity index (χ1n) is 7.02. The van der Waals surface area contributed by atoms with Gasteiger partial charge in [0.2, 0.25) is 5.95 Å². The van der Waals surface area contributed by atoms with Crippen LogP contribution in [0.15, 0.2) is 30.5 Å². The van der Waals surface area contributed by atoms with Crippen molar-refractivity contribution in [3.05, 3.63) is 46.7 Å². The molecule has 0 amide bonds. The first-order valence-corrected chi connectivity index (χ1v) is 7.40. The van der Waals surface area contributed by atoms with Gasteiger partial charge in [-0.2, -0.15) is 0 Å². The standard InChI is InChI=1S/C16H22ClN3/c1-11(2)9-18-16-19-12(3)10-20(16)13(4)14-6-5-7-15(17)8-14/h5-8,10-11,13H,9H2,1-4H3,(H,18,19). The number of aromatic nitrogens is 2. The van der Waals surface area contributed by atoms with Gasteiger partial charge in [-0.25, -0.2) is 4.98 Å². The Kier molecular flexibility index (Phi) is 4.71. The molecule has 0 aliphatic rings. The van der Waals surface area contributed by atoms with Gasteiger partial charge in [-0.3, -0.25) is 0 Å². The van der Waals surface area contributed by atoms with Gasteiger partial charge in [-0.1, -0.05) is 37.6 Å². The third-order valence-electron chi connectivity index (χ3n) is 3.27. The van der Waals surface area contributed by atoms with Crippen LogP contribution >= 0.6 is 11.6 Å². The molecule has 4 heteroatoms. The Morgan fingerprint density at radius 3 is 2.70 bits per heavy atom. The average Bonchev–Trinajstić information content (AvgIpc) is 2.76. The molecule has 1 N–H and O–H groups in total. The number of rotatable bonds is 5. The van der Waals surface area contributed by atoms with E-state index in [1.54, 1.807) is 0 Å². The maximum absolute atomic E-state index is 6.08. The third-order valence-corrected chi connectivity index (χ3v) is 3.50. The average molecular weight is 292 g/mol. The van der Waals surface area contributed by atoms with E-state index in [1.165, 1.54) is 5.56 Å². The summed E-state index contributed by atoms with van der Waals surface area (Å²) in [6.45, 7) is 9.47. The Hall–Kier alpha value is -1.48. The van der Waals surface area contributed by atoms with Crippen LogP contribution in [0.4, 0.5) is 5.95 Å². The molecule has 3 nitrogen and oxygen atoms in total. The molecule has 0 radical (unpaired) electrons. The number of hydrogen-bond acceptors (Lipinski definition) is 2. The Bertz CT molecular complexity index is 575. The van der Waals surface area contributed by atoms with E-state index in [-0.39, 0.29) is 6.04 Å². The van der Waals surface area contributed by atoms with Crippen LogP contribution in [-0.4, -0.2) is 16.1 Å². The molecule has 2 rings (SSSR count). The third kappa shape index (κ3) is 3.54. The molecule has 0 spiro atoms. The first kappa shape index (κ1) is 14.9. The molecule has 0 aliphatic carbocycles. The van der Waals surface area contributed by atoms with Gasteiger partial charge in [0.15, 0.2) is 0 Å².